The molecule has 0 saturated heterocycles. The molecule has 2 N–H and O–H groups in total. The first-order valence-corrected chi connectivity index (χ1v) is 11.2. The number of aliphatic hydroxyl groups is 1. The molecule has 0 saturated carbocycles. The Morgan fingerprint density at radius 2 is 1.94 bits per heavy atom. The number of hydrogen-bond donors (Lipinski definition) is 2. The average Bonchev–Trinajstić information content (AvgIpc) is 2.84. The van der Waals surface area contributed by atoms with Crippen LogP contribution in [-0.4, -0.2) is 22.6 Å². The van der Waals surface area contributed by atoms with Crippen LogP contribution in [0.1, 0.15) is 28.3 Å². The number of aliphatic hydroxyl groups excluding tert-OH is 1. The first kappa shape index (κ1) is 22.7. The number of carbonyl (C=O) groups excluding carboxylic acids is 1. The Hall–Kier alpha value is -4.10. The lowest BCUT2D eigenvalue weighted by atomic mass is 9.92. The lowest BCUT2D eigenvalue weighted by molar-refractivity contribution is 0.102. The molecule has 1 amide bonds. The van der Waals surface area contributed by atoms with Crippen molar-refractivity contribution in [2.75, 3.05) is 11.9 Å². The van der Waals surface area contributed by atoms with Gasteiger partial charge in [-0.2, -0.15) is 0 Å². The summed E-state index contributed by atoms with van der Waals surface area (Å²) in [5, 5.41) is 13.6. The van der Waals surface area contributed by atoms with E-state index < -0.39 is 0 Å². The number of fused-ring (bicyclic) bond motifs is 2. The minimum atomic E-state index is -0.346. The number of pyridine rings is 1. The van der Waals surface area contributed by atoms with Gasteiger partial charge in [0.05, 0.1) is 22.9 Å². The third kappa shape index (κ3) is 4.76. The molecule has 3 aromatic carbocycles. The molecule has 1 aliphatic heterocycles. The normalized spacial score (nSPS) is 14.6. The standard InChI is InChI=1S/C27H20ClFN2O4/c1-15(32)20-10-11-34-24-14-25(22(28)13-21(20)24)35-19-6-2-16(3-7-19)27(33)31-26-9-4-17-12-18(29)5-8-23(17)30-26/h2-9,12-14,20,32H,1,10-11H2,(H,30,31,33). The molecule has 1 aromatic heterocycles. The topological polar surface area (TPSA) is 80.7 Å². The number of anilines is 1. The lowest BCUT2D eigenvalue weighted by Gasteiger charge is -2.26. The van der Waals surface area contributed by atoms with Crippen molar-refractivity contribution < 1.29 is 23.8 Å². The summed E-state index contributed by atoms with van der Waals surface area (Å²) in [6.07, 6.45) is 0.621. The number of hydrogen-bond acceptors (Lipinski definition) is 5. The highest BCUT2D eigenvalue weighted by molar-refractivity contribution is 6.32. The molecule has 0 bridgehead atoms. The Morgan fingerprint density at radius 3 is 2.71 bits per heavy atom. The molecule has 6 nitrogen and oxygen atoms in total. The number of aromatic nitrogens is 1. The minimum absolute atomic E-state index is 0.0703. The Morgan fingerprint density at radius 1 is 1.14 bits per heavy atom. The second-order valence-corrected chi connectivity index (χ2v) is 8.52. The summed E-state index contributed by atoms with van der Waals surface area (Å²) in [7, 11) is 0. The zero-order chi connectivity index (χ0) is 24.5. The lowest BCUT2D eigenvalue weighted by Crippen LogP contribution is -2.15. The number of halogens is 2. The largest absolute Gasteiger partial charge is 0.512 e. The molecular weight excluding hydrogens is 471 g/mol. The van der Waals surface area contributed by atoms with E-state index in [1.165, 1.54) is 12.1 Å². The number of allylic oxidation sites excluding steroid dienone is 1. The Balaban J connectivity index is 1.30. The molecule has 0 spiro atoms. The van der Waals surface area contributed by atoms with Gasteiger partial charge in [-0.3, -0.25) is 4.79 Å². The molecule has 1 unspecified atom stereocenters. The monoisotopic (exact) mass is 490 g/mol. The summed E-state index contributed by atoms with van der Waals surface area (Å²) in [6, 6.07) is 17.5. The maximum absolute atomic E-state index is 13.3. The molecular formula is C27H20ClFN2O4. The molecule has 5 rings (SSSR count). The summed E-state index contributed by atoms with van der Waals surface area (Å²) < 4.78 is 25.0. The number of nitrogens with zero attached hydrogens (tertiary/aromatic N) is 1. The smallest absolute Gasteiger partial charge is 0.256 e. The van der Waals surface area contributed by atoms with Crippen molar-refractivity contribution in [1.82, 2.24) is 4.98 Å². The fraction of sp³-hybridized carbons (Fsp3) is 0.111. The summed E-state index contributed by atoms with van der Waals surface area (Å²) in [6.45, 7) is 4.09. The molecule has 176 valence electrons. The van der Waals surface area contributed by atoms with Crippen molar-refractivity contribution in [2.24, 2.45) is 0 Å². The van der Waals surface area contributed by atoms with Gasteiger partial charge >= 0.3 is 0 Å². The van der Waals surface area contributed by atoms with Gasteiger partial charge in [0.15, 0.2) is 0 Å². The van der Waals surface area contributed by atoms with Crippen molar-refractivity contribution in [2.45, 2.75) is 12.3 Å². The molecule has 8 heteroatoms. The number of amides is 1. The van der Waals surface area contributed by atoms with Crippen molar-refractivity contribution in [1.29, 1.82) is 0 Å². The first-order chi connectivity index (χ1) is 16.9. The van der Waals surface area contributed by atoms with Crippen LogP contribution < -0.4 is 14.8 Å². The molecule has 0 aliphatic carbocycles. The van der Waals surface area contributed by atoms with E-state index in [0.29, 0.717) is 57.6 Å². The van der Waals surface area contributed by atoms with Crippen LogP contribution in [0.5, 0.6) is 17.2 Å². The zero-order valence-electron chi connectivity index (χ0n) is 18.4. The Kier molecular flexibility index (Phi) is 6.01. The highest BCUT2D eigenvalue weighted by Gasteiger charge is 2.26. The fourth-order valence-corrected chi connectivity index (χ4v) is 4.18. The molecule has 2 heterocycles. The van der Waals surface area contributed by atoms with Crippen LogP contribution in [0, 0.1) is 5.82 Å². The van der Waals surface area contributed by atoms with E-state index in [-0.39, 0.29) is 23.4 Å². The number of ether oxygens (including phenoxy) is 2. The highest BCUT2D eigenvalue weighted by Crippen LogP contribution is 2.43. The van der Waals surface area contributed by atoms with Gasteiger partial charge in [-0.15, -0.1) is 0 Å². The van der Waals surface area contributed by atoms with E-state index in [0.717, 1.165) is 5.56 Å². The van der Waals surface area contributed by atoms with E-state index in [4.69, 9.17) is 21.1 Å². The molecule has 1 atom stereocenters. The van der Waals surface area contributed by atoms with Gasteiger partial charge in [0, 0.05) is 28.5 Å². The van der Waals surface area contributed by atoms with Crippen LogP contribution in [0.4, 0.5) is 10.2 Å². The minimum Gasteiger partial charge on any atom is -0.512 e. The predicted octanol–water partition coefficient (Wildman–Crippen LogP) is 7.01. The third-order valence-corrected chi connectivity index (χ3v) is 6.04. The fourth-order valence-electron chi connectivity index (χ4n) is 3.97. The summed E-state index contributed by atoms with van der Waals surface area (Å²) in [5.41, 5.74) is 1.75. The molecule has 0 radical (unpaired) electrons. The molecule has 1 aliphatic rings. The van der Waals surface area contributed by atoms with Crippen LogP contribution >= 0.6 is 11.6 Å². The second kappa shape index (κ2) is 9.27. The molecule has 4 aromatic rings. The number of benzene rings is 3. The van der Waals surface area contributed by atoms with Crippen LogP contribution in [-0.2, 0) is 0 Å². The van der Waals surface area contributed by atoms with Crippen molar-refractivity contribution in [3.63, 3.8) is 0 Å². The Bertz CT molecular complexity index is 1460. The molecule has 35 heavy (non-hydrogen) atoms. The predicted molar refractivity (Wildman–Crippen MR) is 132 cm³/mol. The van der Waals surface area contributed by atoms with Gasteiger partial charge in [0.25, 0.3) is 5.91 Å². The van der Waals surface area contributed by atoms with Gasteiger partial charge in [0.1, 0.15) is 28.9 Å². The van der Waals surface area contributed by atoms with E-state index in [2.05, 4.69) is 16.9 Å². The summed E-state index contributed by atoms with van der Waals surface area (Å²) in [4.78, 5) is 17.0. The molecule has 0 fully saturated rings. The van der Waals surface area contributed by atoms with E-state index >= 15 is 0 Å². The van der Waals surface area contributed by atoms with Gasteiger partial charge in [-0.25, -0.2) is 9.37 Å². The quantitative estimate of drug-likeness (QED) is 0.294. The third-order valence-electron chi connectivity index (χ3n) is 5.74. The Labute approximate surface area is 205 Å². The van der Waals surface area contributed by atoms with Crippen molar-refractivity contribution >= 4 is 34.2 Å². The van der Waals surface area contributed by atoms with Crippen LogP contribution in [0.3, 0.4) is 0 Å². The van der Waals surface area contributed by atoms with Crippen LogP contribution in [0.15, 0.2) is 79.1 Å². The number of nitrogens with one attached hydrogen (secondary N) is 1. The van der Waals surface area contributed by atoms with Crippen molar-refractivity contribution in [3.05, 3.63) is 101 Å². The van der Waals surface area contributed by atoms with Gasteiger partial charge < -0.3 is 19.9 Å². The van der Waals surface area contributed by atoms with Crippen LogP contribution in [0.2, 0.25) is 5.02 Å². The highest BCUT2D eigenvalue weighted by atomic mass is 35.5. The zero-order valence-corrected chi connectivity index (χ0v) is 19.2. The maximum atomic E-state index is 13.3. The van der Waals surface area contributed by atoms with Gasteiger partial charge in [-0.05, 0) is 67.1 Å². The van der Waals surface area contributed by atoms with E-state index in [1.807, 2.05) is 0 Å². The maximum Gasteiger partial charge on any atom is 0.256 e. The number of carbonyl (C=O) groups is 1. The first-order valence-electron chi connectivity index (χ1n) is 10.9. The SMILES string of the molecule is C=C(O)C1CCOc2cc(Oc3ccc(C(=O)Nc4ccc5cc(F)ccc5n4)cc3)c(Cl)cc21. The average molecular weight is 491 g/mol. The number of rotatable bonds is 5. The summed E-state index contributed by atoms with van der Waals surface area (Å²) >= 11 is 6.42. The van der Waals surface area contributed by atoms with E-state index in [1.54, 1.807) is 54.6 Å². The van der Waals surface area contributed by atoms with Gasteiger partial charge in [-0.1, -0.05) is 18.2 Å². The summed E-state index contributed by atoms with van der Waals surface area (Å²) in [5.74, 6) is 0.958. The van der Waals surface area contributed by atoms with Crippen molar-refractivity contribution in [3.8, 4) is 17.2 Å². The van der Waals surface area contributed by atoms with Gasteiger partial charge in [0.2, 0.25) is 0 Å². The second-order valence-electron chi connectivity index (χ2n) is 8.12. The van der Waals surface area contributed by atoms with E-state index in [9.17, 15) is 14.3 Å². The van der Waals surface area contributed by atoms with Crippen LogP contribution in [0.25, 0.3) is 10.9 Å².